The minimum atomic E-state index is -1.56. The van der Waals surface area contributed by atoms with Crippen molar-refractivity contribution in [2.75, 3.05) is 11.5 Å². The average molecular weight is 422 g/mol. The molecule has 2 aliphatic heterocycles. The number of aryl methyl sites for hydroxylation is 1. The summed E-state index contributed by atoms with van der Waals surface area (Å²) in [6.45, 7) is 5.93. The molecule has 2 fully saturated rings. The van der Waals surface area contributed by atoms with Gasteiger partial charge < -0.3 is 9.84 Å². The quantitative estimate of drug-likeness (QED) is 0.695. The first-order chi connectivity index (χ1) is 14.8. The van der Waals surface area contributed by atoms with E-state index < -0.39 is 35.3 Å². The van der Waals surface area contributed by atoms with Gasteiger partial charge in [0.05, 0.1) is 24.1 Å². The molecule has 31 heavy (non-hydrogen) atoms. The van der Waals surface area contributed by atoms with Crippen LogP contribution in [0.1, 0.15) is 37.4 Å². The first kappa shape index (κ1) is 21.1. The van der Waals surface area contributed by atoms with Gasteiger partial charge in [-0.1, -0.05) is 37.3 Å². The lowest BCUT2D eigenvalue weighted by atomic mass is 9.80. The molecule has 4 rings (SSSR count). The number of carboxylic acid groups (broad SMARTS) is 1. The second-order valence-corrected chi connectivity index (χ2v) is 8.35. The Morgan fingerprint density at radius 3 is 2.42 bits per heavy atom. The molecule has 2 amide bonds. The van der Waals surface area contributed by atoms with Crippen molar-refractivity contribution in [3.8, 4) is 5.75 Å². The molecule has 0 bridgehead atoms. The molecule has 2 saturated heterocycles. The Kier molecular flexibility index (Phi) is 5.31. The van der Waals surface area contributed by atoms with E-state index in [1.54, 1.807) is 24.3 Å². The molecule has 2 N–H and O–H groups in total. The number of anilines is 1. The van der Waals surface area contributed by atoms with Gasteiger partial charge >= 0.3 is 5.97 Å². The third kappa shape index (κ3) is 3.29. The number of para-hydroxylation sites is 1. The molecule has 4 unspecified atom stereocenters. The maximum absolute atomic E-state index is 13.5. The smallest absolute Gasteiger partial charge is 0.324 e. The molecule has 2 aromatic carbocycles. The zero-order valence-electron chi connectivity index (χ0n) is 17.8. The van der Waals surface area contributed by atoms with E-state index in [0.717, 1.165) is 17.5 Å². The third-order valence-electron chi connectivity index (χ3n) is 6.30. The van der Waals surface area contributed by atoms with Crippen molar-refractivity contribution in [3.63, 3.8) is 0 Å². The number of nitrogens with zero attached hydrogens (tertiary/aromatic N) is 1. The van der Waals surface area contributed by atoms with E-state index in [0.29, 0.717) is 18.0 Å². The molecule has 2 aromatic rings. The van der Waals surface area contributed by atoms with Crippen molar-refractivity contribution in [3.05, 3.63) is 59.7 Å². The van der Waals surface area contributed by atoms with Gasteiger partial charge in [-0.15, -0.1) is 0 Å². The fourth-order valence-corrected chi connectivity index (χ4v) is 4.67. The van der Waals surface area contributed by atoms with Crippen LogP contribution in [0.4, 0.5) is 5.69 Å². The number of aliphatic carboxylic acids is 1. The number of nitrogens with one attached hydrogen (secondary N) is 1. The molecule has 2 aliphatic rings. The zero-order chi connectivity index (χ0) is 22.3. The first-order valence-corrected chi connectivity index (χ1v) is 10.5. The summed E-state index contributed by atoms with van der Waals surface area (Å²) in [5.41, 5.74) is 0.470. The van der Waals surface area contributed by atoms with Gasteiger partial charge in [-0.25, -0.2) is 4.90 Å². The second-order valence-electron chi connectivity index (χ2n) is 8.35. The van der Waals surface area contributed by atoms with Gasteiger partial charge in [0.1, 0.15) is 11.3 Å². The lowest BCUT2D eigenvalue weighted by molar-refractivity contribution is -0.147. The highest BCUT2D eigenvalue weighted by Gasteiger charge is 2.67. The van der Waals surface area contributed by atoms with Gasteiger partial charge in [0, 0.05) is 6.04 Å². The summed E-state index contributed by atoms with van der Waals surface area (Å²) >= 11 is 0. The monoisotopic (exact) mass is 422 g/mol. The predicted molar refractivity (Wildman–Crippen MR) is 115 cm³/mol. The zero-order valence-corrected chi connectivity index (χ0v) is 17.8. The Balaban J connectivity index is 1.74. The molecular formula is C24H26N2O5. The Hall–Kier alpha value is -3.19. The van der Waals surface area contributed by atoms with E-state index in [2.05, 4.69) is 5.32 Å². The number of benzene rings is 2. The fraction of sp³-hybridized carbons (Fsp3) is 0.375. The van der Waals surface area contributed by atoms with E-state index in [4.69, 9.17) is 4.74 Å². The standard InChI is InChI=1S/C24H26N2O5/c1-4-13-31-16-11-9-15(10-12-16)20-18-19(24(3,25-20)23(29)30)22(28)26(21(18)27)17-8-6-5-7-14(17)2/h5-12,18-20,25H,4,13H2,1-3H3,(H,29,30). The highest BCUT2D eigenvalue weighted by Crippen LogP contribution is 2.50. The third-order valence-corrected chi connectivity index (χ3v) is 6.30. The number of fused-ring (bicyclic) bond motifs is 1. The van der Waals surface area contributed by atoms with Crippen LogP contribution in [0.5, 0.6) is 5.75 Å². The van der Waals surface area contributed by atoms with E-state index >= 15 is 0 Å². The van der Waals surface area contributed by atoms with Crippen LogP contribution in [0, 0.1) is 18.8 Å². The van der Waals surface area contributed by atoms with Crippen LogP contribution < -0.4 is 15.0 Å². The molecule has 0 aliphatic carbocycles. The molecule has 4 atom stereocenters. The first-order valence-electron chi connectivity index (χ1n) is 10.5. The number of hydrogen-bond acceptors (Lipinski definition) is 5. The molecule has 0 radical (unpaired) electrons. The SMILES string of the molecule is CCCOc1ccc(C2NC(C)(C(=O)O)C3C(=O)N(c4ccccc4C)C(=O)C23)cc1. The molecule has 7 nitrogen and oxygen atoms in total. The van der Waals surface area contributed by atoms with Crippen molar-refractivity contribution in [2.45, 2.75) is 38.8 Å². The molecular weight excluding hydrogens is 396 g/mol. The Bertz CT molecular complexity index is 1030. The number of carbonyl (C=O) groups excluding carboxylic acids is 2. The van der Waals surface area contributed by atoms with Crippen LogP contribution in [0.15, 0.2) is 48.5 Å². The number of carboxylic acids is 1. The molecule has 7 heteroatoms. The maximum Gasteiger partial charge on any atom is 0.324 e. The summed E-state index contributed by atoms with van der Waals surface area (Å²) in [7, 11) is 0. The van der Waals surface area contributed by atoms with Gasteiger partial charge in [0.2, 0.25) is 11.8 Å². The number of imide groups is 1. The Morgan fingerprint density at radius 2 is 1.81 bits per heavy atom. The van der Waals surface area contributed by atoms with Crippen LogP contribution in [0.3, 0.4) is 0 Å². The molecule has 2 heterocycles. The average Bonchev–Trinajstić information content (AvgIpc) is 3.21. The molecule has 162 valence electrons. The summed E-state index contributed by atoms with van der Waals surface area (Å²) in [6.07, 6.45) is 0.887. The van der Waals surface area contributed by atoms with Crippen molar-refractivity contribution in [1.29, 1.82) is 0 Å². The maximum atomic E-state index is 13.5. The van der Waals surface area contributed by atoms with E-state index in [1.165, 1.54) is 11.8 Å². The van der Waals surface area contributed by atoms with Crippen molar-refractivity contribution in [1.82, 2.24) is 5.32 Å². The van der Waals surface area contributed by atoms with Crippen molar-refractivity contribution >= 4 is 23.5 Å². The summed E-state index contributed by atoms with van der Waals surface area (Å²) in [4.78, 5) is 40.3. The van der Waals surface area contributed by atoms with Gasteiger partial charge in [-0.05, 0) is 49.6 Å². The number of amides is 2. The molecule has 0 spiro atoms. The Morgan fingerprint density at radius 1 is 1.13 bits per heavy atom. The van der Waals surface area contributed by atoms with Crippen molar-refractivity contribution < 1.29 is 24.2 Å². The van der Waals surface area contributed by atoms with E-state index in [9.17, 15) is 19.5 Å². The number of hydrogen-bond donors (Lipinski definition) is 2. The fourth-order valence-electron chi connectivity index (χ4n) is 4.67. The van der Waals surface area contributed by atoms with Crippen LogP contribution in [0.2, 0.25) is 0 Å². The minimum absolute atomic E-state index is 0.377. The lowest BCUT2D eigenvalue weighted by Gasteiger charge is -2.27. The van der Waals surface area contributed by atoms with Gasteiger partial charge in [-0.2, -0.15) is 0 Å². The van der Waals surface area contributed by atoms with Crippen LogP contribution >= 0.6 is 0 Å². The van der Waals surface area contributed by atoms with Gasteiger partial charge in [0.15, 0.2) is 0 Å². The van der Waals surface area contributed by atoms with Crippen LogP contribution in [0.25, 0.3) is 0 Å². The topological polar surface area (TPSA) is 95.9 Å². The van der Waals surface area contributed by atoms with Gasteiger partial charge in [0.25, 0.3) is 0 Å². The summed E-state index contributed by atoms with van der Waals surface area (Å²) in [6, 6.07) is 13.8. The van der Waals surface area contributed by atoms with E-state index in [1.807, 2.05) is 38.1 Å². The number of rotatable bonds is 6. The van der Waals surface area contributed by atoms with Crippen LogP contribution in [-0.2, 0) is 14.4 Å². The van der Waals surface area contributed by atoms with E-state index in [-0.39, 0.29) is 5.91 Å². The minimum Gasteiger partial charge on any atom is -0.494 e. The summed E-state index contributed by atoms with van der Waals surface area (Å²) < 4.78 is 5.62. The second kappa shape index (κ2) is 7.81. The normalized spacial score (nSPS) is 27.5. The van der Waals surface area contributed by atoms with Crippen molar-refractivity contribution in [2.24, 2.45) is 11.8 Å². The Labute approximate surface area is 181 Å². The van der Waals surface area contributed by atoms with Crippen LogP contribution in [-0.4, -0.2) is 35.0 Å². The lowest BCUT2D eigenvalue weighted by Crippen LogP contribution is -2.53. The molecule has 0 saturated carbocycles. The summed E-state index contributed by atoms with van der Waals surface area (Å²) in [5, 5.41) is 13.1. The largest absolute Gasteiger partial charge is 0.494 e. The predicted octanol–water partition coefficient (Wildman–Crippen LogP) is 3.08. The summed E-state index contributed by atoms with van der Waals surface area (Å²) in [5.74, 6) is -3.11. The number of ether oxygens (including phenoxy) is 1. The highest BCUT2D eigenvalue weighted by molar-refractivity contribution is 6.24. The number of carbonyl (C=O) groups is 3. The van der Waals surface area contributed by atoms with Gasteiger partial charge in [-0.3, -0.25) is 19.7 Å². The molecule has 0 aromatic heterocycles. The highest BCUT2D eigenvalue weighted by atomic mass is 16.5.